The number of aromatic nitrogens is 2. The Bertz CT molecular complexity index is 1170. The predicted molar refractivity (Wildman–Crippen MR) is 110 cm³/mol. The van der Waals surface area contributed by atoms with Gasteiger partial charge in [-0.3, -0.25) is 9.52 Å². The molecule has 3 aromatic rings. The number of hydrogen-bond acceptors (Lipinski definition) is 4. The molecule has 0 bridgehead atoms. The summed E-state index contributed by atoms with van der Waals surface area (Å²) in [6.07, 6.45) is 3.12. The number of nitrogens with one attached hydrogen (secondary N) is 1. The van der Waals surface area contributed by atoms with Crippen molar-refractivity contribution in [3.8, 4) is 0 Å². The van der Waals surface area contributed by atoms with E-state index in [-0.39, 0.29) is 22.0 Å². The van der Waals surface area contributed by atoms with Gasteiger partial charge in [0, 0.05) is 24.5 Å². The van der Waals surface area contributed by atoms with Crippen LogP contribution in [0.1, 0.15) is 28.7 Å². The fraction of sp³-hybridized carbons (Fsp3) is 0.100. The normalized spacial score (nSPS) is 11.2. The number of anilines is 1. The molecular formula is C20H18ClN3O3S. The fourth-order valence-electron chi connectivity index (χ4n) is 2.62. The van der Waals surface area contributed by atoms with Crippen LogP contribution < -0.4 is 4.72 Å². The number of nitrogens with zero attached hydrogens (tertiary/aromatic N) is 2. The van der Waals surface area contributed by atoms with Crippen LogP contribution in [0.4, 0.5) is 5.69 Å². The molecule has 1 aromatic heterocycles. The van der Waals surface area contributed by atoms with E-state index in [0.717, 1.165) is 11.1 Å². The Morgan fingerprint density at radius 3 is 2.43 bits per heavy atom. The molecule has 8 heteroatoms. The Hall–Kier alpha value is -2.90. The van der Waals surface area contributed by atoms with Crippen LogP contribution in [-0.2, 0) is 17.1 Å². The fourth-order valence-corrected chi connectivity index (χ4v) is 3.87. The number of hydrogen-bond donors (Lipinski definition) is 1. The molecule has 0 saturated heterocycles. The number of allylic oxidation sites excluding steroid dienone is 1. The van der Waals surface area contributed by atoms with Crippen molar-refractivity contribution in [3.05, 3.63) is 83.4 Å². The molecule has 0 fully saturated rings. The van der Waals surface area contributed by atoms with Gasteiger partial charge in [-0.2, -0.15) is 0 Å². The van der Waals surface area contributed by atoms with Gasteiger partial charge in [0.05, 0.1) is 16.1 Å². The van der Waals surface area contributed by atoms with Crippen molar-refractivity contribution in [2.75, 3.05) is 4.72 Å². The summed E-state index contributed by atoms with van der Waals surface area (Å²) in [5.74, 6) is -0.265. The number of rotatable bonds is 6. The molecular weight excluding hydrogens is 398 g/mol. The summed E-state index contributed by atoms with van der Waals surface area (Å²) >= 11 is 6.03. The van der Waals surface area contributed by atoms with Gasteiger partial charge in [0.15, 0.2) is 5.82 Å². The Kier molecular flexibility index (Phi) is 5.40. The van der Waals surface area contributed by atoms with Gasteiger partial charge in [-0.1, -0.05) is 35.9 Å². The van der Waals surface area contributed by atoms with Crippen molar-refractivity contribution in [2.45, 2.75) is 11.8 Å². The predicted octanol–water partition coefficient (Wildman–Crippen LogP) is 4.14. The zero-order chi connectivity index (χ0) is 20.5. The Morgan fingerprint density at radius 1 is 1.18 bits per heavy atom. The third kappa shape index (κ3) is 4.00. The van der Waals surface area contributed by atoms with Gasteiger partial charge in [-0.25, -0.2) is 13.4 Å². The van der Waals surface area contributed by atoms with E-state index in [1.165, 1.54) is 36.5 Å². The maximum absolute atomic E-state index is 12.9. The van der Waals surface area contributed by atoms with Crippen LogP contribution in [0.5, 0.6) is 0 Å². The van der Waals surface area contributed by atoms with Gasteiger partial charge in [0.25, 0.3) is 10.0 Å². The summed E-state index contributed by atoms with van der Waals surface area (Å²) in [5.41, 5.74) is 1.92. The summed E-state index contributed by atoms with van der Waals surface area (Å²) < 4.78 is 29.6. The third-order valence-corrected chi connectivity index (χ3v) is 5.77. The molecule has 0 saturated carbocycles. The van der Waals surface area contributed by atoms with Crippen LogP contribution in [0.2, 0.25) is 5.02 Å². The number of ketones is 1. The lowest BCUT2D eigenvalue weighted by Crippen LogP contribution is -2.17. The summed E-state index contributed by atoms with van der Waals surface area (Å²) in [5, 5.41) is 0.311. The van der Waals surface area contributed by atoms with Gasteiger partial charge >= 0.3 is 0 Å². The minimum Gasteiger partial charge on any atom is -0.331 e. The highest BCUT2D eigenvalue weighted by molar-refractivity contribution is 7.92. The standard InChI is InChI=1S/C20H18ClN3O3S/c1-13(2)14-4-7-16(8-5-14)28(26,27)23-18-9-6-15(21)12-17(18)19(25)20-22-10-11-24(20)3/h4-12,23H,1H2,2-3H3. The lowest BCUT2D eigenvalue weighted by atomic mass is 10.1. The van der Waals surface area contributed by atoms with Crippen molar-refractivity contribution in [1.82, 2.24) is 9.55 Å². The van der Waals surface area contributed by atoms with Crippen molar-refractivity contribution in [3.63, 3.8) is 0 Å². The molecule has 6 nitrogen and oxygen atoms in total. The van der Waals surface area contributed by atoms with Gasteiger partial charge in [-0.05, 0) is 42.8 Å². The van der Waals surface area contributed by atoms with Crippen LogP contribution in [-0.4, -0.2) is 23.8 Å². The highest BCUT2D eigenvalue weighted by atomic mass is 35.5. The summed E-state index contributed by atoms with van der Waals surface area (Å²) in [6.45, 7) is 5.67. The summed E-state index contributed by atoms with van der Waals surface area (Å²) in [4.78, 5) is 17.0. The molecule has 2 aromatic carbocycles. The monoisotopic (exact) mass is 415 g/mol. The zero-order valence-electron chi connectivity index (χ0n) is 15.3. The first kappa shape index (κ1) is 19.9. The minimum absolute atomic E-state index is 0.0721. The quantitative estimate of drug-likeness (QED) is 0.613. The highest BCUT2D eigenvalue weighted by Gasteiger charge is 2.22. The van der Waals surface area contributed by atoms with E-state index in [1.807, 2.05) is 6.92 Å². The SMILES string of the molecule is C=C(C)c1ccc(S(=O)(=O)Nc2ccc(Cl)cc2C(=O)c2nccn2C)cc1. The van der Waals surface area contributed by atoms with E-state index in [9.17, 15) is 13.2 Å². The maximum Gasteiger partial charge on any atom is 0.261 e. The molecule has 0 amide bonds. The van der Waals surface area contributed by atoms with Crippen molar-refractivity contribution in [2.24, 2.45) is 7.05 Å². The van der Waals surface area contributed by atoms with E-state index in [1.54, 1.807) is 29.9 Å². The second-order valence-corrected chi connectivity index (χ2v) is 8.41. The average Bonchev–Trinajstić information content (AvgIpc) is 3.08. The molecule has 28 heavy (non-hydrogen) atoms. The lowest BCUT2D eigenvalue weighted by Gasteiger charge is -2.13. The van der Waals surface area contributed by atoms with Gasteiger partial charge in [0.1, 0.15) is 0 Å². The molecule has 0 radical (unpaired) electrons. The largest absolute Gasteiger partial charge is 0.331 e. The van der Waals surface area contributed by atoms with Crippen LogP contribution in [0, 0.1) is 0 Å². The van der Waals surface area contributed by atoms with Crippen LogP contribution >= 0.6 is 11.6 Å². The molecule has 1 N–H and O–H groups in total. The molecule has 0 aliphatic rings. The van der Waals surface area contributed by atoms with Gasteiger partial charge in [0.2, 0.25) is 5.78 Å². The average molecular weight is 416 g/mol. The smallest absolute Gasteiger partial charge is 0.261 e. The van der Waals surface area contributed by atoms with E-state index in [0.29, 0.717) is 5.02 Å². The molecule has 0 aliphatic heterocycles. The molecule has 0 spiro atoms. The third-order valence-electron chi connectivity index (χ3n) is 4.15. The number of halogens is 1. The Morgan fingerprint density at radius 2 is 1.86 bits per heavy atom. The van der Waals surface area contributed by atoms with Gasteiger partial charge in [-0.15, -0.1) is 0 Å². The van der Waals surface area contributed by atoms with E-state index < -0.39 is 15.8 Å². The van der Waals surface area contributed by atoms with Gasteiger partial charge < -0.3 is 4.57 Å². The molecule has 0 unspecified atom stereocenters. The first-order valence-electron chi connectivity index (χ1n) is 8.29. The molecule has 0 aliphatic carbocycles. The molecule has 1 heterocycles. The lowest BCUT2D eigenvalue weighted by molar-refractivity contribution is 0.102. The number of imidazole rings is 1. The highest BCUT2D eigenvalue weighted by Crippen LogP contribution is 2.26. The molecule has 144 valence electrons. The zero-order valence-corrected chi connectivity index (χ0v) is 16.9. The Balaban J connectivity index is 1.99. The number of aryl methyl sites for hydroxylation is 1. The number of carbonyl (C=O) groups is 1. The van der Waals surface area contributed by atoms with Crippen LogP contribution in [0.15, 0.2) is 66.3 Å². The van der Waals surface area contributed by atoms with E-state index >= 15 is 0 Å². The van der Waals surface area contributed by atoms with E-state index in [4.69, 9.17) is 11.6 Å². The number of sulfonamides is 1. The van der Waals surface area contributed by atoms with E-state index in [2.05, 4.69) is 16.3 Å². The second-order valence-electron chi connectivity index (χ2n) is 6.29. The molecule has 0 atom stereocenters. The summed E-state index contributed by atoms with van der Waals surface area (Å²) in [6, 6.07) is 10.7. The number of benzene rings is 2. The topological polar surface area (TPSA) is 81.1 Å². The van der Waals surface area contributed by atoms with Crippen molar-refractivity contribution in [1.29, 1.82) is 0 Å². The van der Waals surface area contributed by atoms with Crippen molar-refractivity contribution < 1.29 is 13.2 Å². The summed E-state index contributed by atoms with van der Waals surface area (Å²) in [7, 11) is -2.23. The first-order valence-corrected chi connectivity index (χ1v) is 10.2. The minimum atomic E-state index is -3.91. The van der Waals surface area contributed by atoms with Crippen LogP contribution in [0.25, 0.3) is 5.57 Å². The molecule has 3 rings (SSSR count). The second kappa shape index (κ2) is 7.61. The first-order chi connectivity index (χ1) is 13.2. The van der Waals surface area contributed by atoms with Crippen LogP contribution in [0.3, 0.4) is 0 Å². The Labute approximate surface area is 168 Å². The van der Waals surface area contributed by atoms with Crippen molar-refractivity contribution >= 4 is 38.7 Å². The maximum atomic E-state index is 12.9. The number of carbonyl (C=O) groups excluding carboxylic acids is 1.